The molecule has 3 rings (SSSR count). The summed E-state index contributed by atoms with van der Waals surface area (Å²) in [4.78, 5) is 42.9. The quantitative estimate of drug-likeness (QED) is 0.111. The van der Waals surface area contributed by atoms with E-state index in [4.69, 9.17) is 4.74 Å². The number of halogens is 1. The van der Waals surface area contributed by atoms with Crippen LogP contribution in [-0.4, -0.2) is 67.1 Å². The number of nitrogens with zero attached hydrogens (tertiary/aromatic N) is 2. The first kappa shape index (κ1) is 25.4. The molecule has 1 saturated carbocycles. The fourth-order valence-electron chi connectivity index (χ4n) is 4.45. The monoisotopic (exact) mass is 547 g/mol. The number of carbonyl (C=O) groups is 3. The summed E-state index contributed by atoms with van der Waals surface area (Å²) in [6.07, 6.45) is 4.66. The van der Waals surface area contributed by atoms with Gasteiger partial charge in [0.2, 0.25) is 11.8 Å². The Morgan fingerprint density at radius 3 is 2.26 bits per heavy atom. The van der Waals surface area contributed by atoms with E-state index in [1.165, 1.54) is 4.90 Å². The molecule has 4 unspecified atom stereocenters. The summed E-state index contributed by atoms with van der Waals surface area (Å²) in [5.74, 6) is 0.641. The number of rotatable bonds is 7. The summed E-state index contributed by atoms with van der Waals surface area (Å²) in [6, 6.07) is 0. The first-order chi connectivity index (χ1) is 14.2. The van der Waals surface area contributed by atoms with Crippen LogP contribution >= 0.6 is 24.0 Å². The van der Waals surface area contributed by atoms with E-state index in [1.807, 2.05) is 27.7 Å². The Kier molecular flexibility index (Phi) is 8.73. The normalized spacial score (nSPS) is 26.6. The minimum Gasteiger partial charge on any atom is -0.444 e. The highest BCUT2D eigenvalue weighted by Crippen LogP contribution is 2.52. The highest BCUT2D eigenvalue weighted by Gasteiger charge is 2.58. The maximum absolute atomic E-state index is 12.7. The Labute approximate surface area is 200 Å². The molecule has 2 fully saturated rings. The lowest BCUT2D eigenvalue weighted by atomic mass is 9.85. The number of hydrogen-bond donors (Lipinski definition) is 3. The minimum atomic E-state index is -0.539. The lowest BCUT2D eigenvalue weighted by Crippen LogP contribution is -2.44. The second kappa shape index (κ2) is 10.6. The van der Waals surface area contributed by atoms with E-state index in [2.05, 4.69) is 33.1 Å². The lowest BCUT2D eigenvalue weighted by Gasteiger charge is -2.19. The molecule has 3 N–H and O–H groups in total. The van der Waals surface area contributed by atoms with Gasteiger partial charge in [0.15, 0.2) is 5.96 Å². The number of aliphatic imine (C=N–C) groups is 1. The summed E-state index contributed by atoms with van der Waals surface area (Å²) in [5.41, 5.74) is -0.539. The standard InChI is InChI=1S/C21H33N5O4.HI/c1-5-22-19(23-8-9-25-20(29)30-21(2,3)4)24-10-11-26-17(27)15-13-6-7-14(12-13)16(15)18(26)28;/h6-7,13-16H,5,8-12H2,1-4H3,(H,25,29)(H2,22,23,24);1H. The first-order valence-electron chi connectivity index (χ1n) is 10.7. The van der Waals surface area contributed by atoms with Gasteiger partial charge in [-0.1, -0.05) is 12.2 Å². The zero-order chi connectivity index (χ0) is 21.9. The van der Waals surface area contributed by atoms with Gasteiger partial charge in [-0.3, -0.25) is 19.5 Å². The Morgan fingerprint density at radius 2 is 1.71 bits per heavy atom. The Bertz CT molecular complexity index is 719. The van der Waals surface area contributed by atoms with Gasteiger partial charge in [0.25, 0.3) is 0 Å². The van der Waals surface area contributed by atoms with Crippen molar-refractivity contribution in [3.8, 4) is 0 Å². The number of carbonyl (C=O) groups excluding carboxylic acids is 3. The second-order valence-electron chi connectivity index (χ2n) is 8.94. The Hall–Kier alpha value is -1.85. The fraction of sp³-hybridized carbons (Fsp3) is 0.714. The fourth-order valence-corrected chi connectivity index (χ4v) is 4.45. The molecule has 174 valence electrons. The van der Waals surface area contributed by atoms with E-state index in [-0.39, 0.29) is 59.5 Å². The highest BCUT2D eigenvalue weighted by atomic mass is 127. The molecule has 0 radical (unpaired) electrons. The van der Waals surface area contributed by atoms with Gasteiger partial charge in [-0.05, 0) is 46.0 Å². The van der Waals surface area contributed by atoms with Crippen LogP contribution in [0.1, 0.15) is 34.1 Å². The van der Waals surface area contributed by atoms with Gasteiger partial charge in [-0.2, -0.15) is 0 Å². The van der Waals surface area contributed by atoms with E-state index >= 15 is 0 Å². The molecular weight excluding hydrogens is 513 g/mol. The van der Waals surface area contributed by atoms with Crippen LogP contribution in [0.5, 0.6) is 0 Å². The predicted molar refractivity (Wildman–Crippen MR) is 128 cm³/mol. The summed E-state index contributed by atoms with van der Waals surface area (Å²) < 4.78 is 5.18. The number of imide groups is 1. The topological polar surface area (TPSA) is 112 Å². The summed E-state index contributed by atoms with van der Waals surface area (Å²) >= 11 is 0. The van der Waals surface area contributed by atoms with Crippen molar-refractivity contribution in [1.29, 1.82) is 0 Å². The smallest absolute Gasteiger partial charge is 0.407 e. The van der Waals surface area contributed by atoms with E-state index in [9.17, 15) is 14.4 Å². The largest absolute Gasteiger partial charge is 0.444 e. The zero-order valence-corrected chi connectivity index (χ0v) is 21.0. The molecule has 2 aliphatic carbocycles. The van der Waals surface area contributed by atoms with Crippen LogP contribution in [0.25, 0.3) is 0 Å². The number of allylic oxidation sites excluding steroid dienone is 2. The molecule has 3 amide bonds. The summed E-state index contributed by atoms with van der Waals surface area (Å²) in [6.45, 7) is 9.51. The van der Waals surface area contributed by atoms with Gasteiger partial charge in [-0.25, -0.2) is 4.79 Å². The molecule has 0 aromatic heterocycles. The number of alkyl carbamates (subject to hydrolysis) is 1. The number of likely N-dealkylation sites (tertiary alicyclic amines) is 1. The van der Waals surface area contributed by atoms with Crippen molar-refractivity contribution in [2.45, 2.75) is 39.7 Å². The van der Waals surface area contributed by atoms with Crippen LogP contribution in [0.4, 0.5) is 4.79 Å². The molecular formula is C21H34IN5O4. The van der Waals surface area contributed by atoms with Crippen LogP contribution in [0.2, 0.25) is 0 Å². The molecule has 0 aromatic rings. The molecule has 1 heterocycles. The van der Waals surface area contributed by atoms with E-state index in [0.29, 0.717) is 38.7 Å². The Morgan fingerprint density at radius 1 is 1.10 bits per heavy atom. The predicted octanol–water partition coefficient (Wildman–Crippen LogP) is 1.49. The van der Waals surface area contributed by atoms with E-state index < -0.39 is 11.7 Å². The highest BCUT2D eigenvalue weighted by molar-refractivity contribution is 14.0. The van der Waals surface area contributed by atoms with Gasteiger partial charge in [-0.15, -0.1) is 24.0 Å². The van der Waals surface area contributed by atoms with Crippen LogP contribution in [0.15, 0.2) is 17.1 Å². The molecule has 9 nitrogen and oxygen atoms in total. The SMILES string of the molecule is CCNC(=NCCNC(=O)OC(C)(C)C)NCCN1C(=O)C2C3C=CC(C3)C2C1=O.I. The van der Waals surface area contributed by atoms with Crippen molar-refractivity contribution in [2.75, 3.05) is 32.7 Å². The number of nitrogens with one attached hydrogen (secondary N) is 3. The van der Waals surface area contributed by atoms with Crippen molar-refractivity contribution in [3.63, 3.8) is 0 Å². The van der Waals surface area contributed by atoms with Gasteiger partial charge < -0.3 is 20.7 Å². The molecule has 0 aromatic carbocycles. The Balaban J connectivity index is 0.00000341. The third-order valence-electron chi connectivity index (χ3n) is 5.58. The molecule has 10 heteroatoms. The molecule has 1 aliphatic heterocycles. The molecule has 0 spiro atoms. The number of amides is 3. The van der Waals surface area contributed by atoms with Crippen LogP contribution in [0.3, 0.4) is 0 Å². The van der Waals surface area contributed by atoms with Crippen LogP contribution < -0.4 is 16.0 Å². The van der Waals surface area contributed by atoms with Crippen LogP contribution in [-0.2, 0) is 14.3 Å². The van der Waals surface area contributed by atoms with Gasteiger partial charge in [0.1, 0.15) is 5.60 Å². The van der Waals surface area contributed by atoms with E-state index in [0.717, 1.165) is 6.42 Å². The van der Waals surface area contributed by atoms with Crippen molar-refractivity contribution in [2.24, 2.45) is 28.7 Å². The molecule has 2 bridgehead atoms. The average Bonchev–Trinajstić information content (AvgIpc) is 3.33. The van der Waals surface area contributed by atoms with Gasteiger partial charge >= 0.3 is 6.09 Å². The number of hydrogen-bond acceptors (Lipinski definition) is 5. The molecule has 31 heavy (non-hydrogen) atoms. The molecule has 3 aliphatic rings. The molecule has 4 atom stereocenters. The van der Waals surface area contributed by atoms with Crippen molar-refractivity contribution in [3.05, 3.63) is 12.2 Å². The van der Waals surface area contributed by atoms with E-state index in [1.54, 1.807) is 0 Å². The minimum absolute atomic E-state index is 0. The lowest BCUT2D eigenvalue weighted by molar-refractivity contribution is -0.140. The van der Waals surface area contributed by atoms with Crippen molar-refractivity contribution < 1.29 is 19.1 Å². The third-order valence-corrected chi connectivity index (χ3v) is 5.58. The van der Waals surface area contributed by atoms with Crippen LogP contribution in [0, 0.1) is 23.7 Å². The maximum Gasteiger partial charge on any atom is 0.407 e. The van der Waals surface area contributed by atoms with Gasteiger partial charge in [0.05, 0.1) is 18.4 Å². The third kappa shape index (κ3) is 6.11. The van der Waals surface area contributed by atoms with Crippen molar-refractivity contribution >= 4 is 47.8 Å². The zero-order valence-electron chi connectivity index (χ0n) is 18.6. The maximum atomic E-state index is 12.7. The number of fused-ring (bicyclic) bond motifs is 5. The van der Waals surface area contributed by atoms with Gasteiger partial charge in [0, 0.05) is 26.2 Å². The summed E-state index contributed by atoms with van der Waals surface area (Å²) in [7, 11) is 0. The molecule has 1 saturated heterocycles. The number of guanidine groups is 1. The average molecular weight is 547 g/mol. The second-order valence-corrected chi connectivity index (χ2v) is 8.94. The summed E-state index contributed by atoms with van der Waals surface area (Å²) in [5, 5.41) is 8.93. The number of ether oxygens (including phenoxy) is 1. The van der Waals surface area contributed by atoms with Crippen molar-refractivity contribution in [1.82, 2.24) is 20.9 Å². The first-order valence-corrected chi connectivity index (χ1v) is 10.7.